The van der Waals surface area contributed by atoms with Crippen LogP contribution in [-0.2, 0) is 6.54 Å². The smallest absolute Gasteiger partial charge is 0.160 e. The number of anilines is 1. The second-order valence-corrected chi connectivity index (χ2v) is 5.02. The van der Waals surface area contributed by atoms with Gasteiger partial charge in [-0.15, -0.1) is 0 Å². The second-order valence-electron chi connectivity index (χ2n) is 4.23. The Balaban J connectivity index is 2.18. The quantitative estimate of drug-likeness (QED) is 0.894. The van der Waals surface area contributed by atoms with Crippen molar-refractivity contribution in [2.75, 3.05) is 5.32 Å². The number of nitrogens with one attached hydrogen (secondary N) is 1. The van der Waals surface area contributed by atoms with Crippen LogP contribution < -0.4 is 11.1 Å². The van der Waals surface area contributed by atoms with Gasteiger partial charge in [-0.05, 0) is 40.4 Å². The topological polar surface area (TPSA) is 38.0 Å². The Morgan fingerprint density at radius 3 is 2.69 bits per heavy atom. The van der Waals surface area contributed by atoms with E-state index in [1.165, 1.54) is 12.8 Å². The summed E-state index contributed by atoms with van der Waals surface area (Å²) in [5, 5.41) is 3.26. The molecule has 2 nitrogen and oxygen atoms in total. The SMILES string of the molecule is NCc1ccc(NC2CCCC2)c(F)c1Br. The van der Waals surface area contributed by atoms with E-state index in [2.05, 4.69) is 21.2 Å². The maximum Gasteiger partial charge on any atom is 0.160 e. The first kappa shape index (κ1) is 11.9. The van der Waals surface area contributed by atoms with Gasteiger partial charge < -0.3 is 11.1 Å². The highest BCUT2D eigenvalue weighted by Gasteiger charge is 2.17. The van der Waals surface area contributed by atoms with Crippen molar-refractivity contribution in [3.8, 4) is 0 Å². The normalized spacial score (nSPS) is 16.7. The summed E-state index contributed by atoms with van der Waals surface area (Å²) in [6.45, 7) is 0.348. The average Bonchev–Trinajstić information content (AvgIpc) is 2.78. The van der Waals surface area contributed by atoms with E-state index in [0.29, 0.717) is 22.7 Å². The molecule has 1 fully saturated rings. The number of hydrogen-bond donors (Lipinski definition) is 2. The van der Waals surface area contributed by atoms with E-state index >= 15 is 0 Å². The van der Waals surface area contributed by atoms with E-state index in [0.717, 1.165) is 18.4 Å². The van der Waals surface area contributed by atoms with Gasteiger partial charge in [0, 0.05) is 12.6 Å². The Kier molecular flexibility index (Phi) is 3.82. The Morgan fingerprint density at radius 2 is 2.06 bits per heavy atom. The lowest BCUT2D eigenvalue weighted by Crippen LogP contribution is -2.16. The van der Waals surface area contributed by atoms with Gasteiger partial charge in [0.15, 0.2) is 5.82 Å². The highest BCUT2D eigenvalue weighted by Crippen LogP contribution is 2.29. The number of halogens is 2. The third-order valence-corrected chi connectivity index (χ3v) is 3.95. The van der Waals surface area contributed by atoms with Crippen molar-refractivity contribution < 1.29 is 4.39 Å². The zero-order chi connectivity index (χ0) is 11.5. The number of hydrogen-bond acceptors (Lipinski definition) is 2. The van der Waals surface area contributed by atoms with Crippen molar-refractivity contribution in [3.05, 3.63) is 28.0 Å². The average molecular weight is 287 g/mol. The predicted octanol–water partition coefficient (Wildman–Crippen LogP) is 3.40. The summed E-state index contributed by atoms with van der Waals surface area (Å²) in [5.74, 6) is -0.227. The van der Waals surface area contributed by atoms with Crippen molar-refractivity contribution in [2.24, 2.45) is 5.73 Å². The van der Waals surface area contributed by atoms with E-state index < -0.39 is 0 Å². The van der Waals surface area contributed by atoms with Crippen LogP contribution in [0.3, 0.4) is 0 Å². The number of nitrogens with two attached hydrogens (primary N) is 1. The van der Waals surface area contributed by atoms with Gasteiger partial charge in [0.05, 0.1) is 10.2 Å². The van der Waals surface area contributed by atoms with Gasteiger partial charge in [-0.25, -0.2) is 4.39 Å². The minimum Gasteiger partial charge on any atom is -0.380 e. The fourth-order valence-electron chi connectivity index (χ4n) is 2.15. The Morgan fingerprint density at radius 1 is 1.38 bits per heavy atom. The predicted molar refractivity (Wildman–Crippen MR) is 67.9 cm³/mol. The number of rotatable bonds is 3. The first-order chi connectivity index (χ1) is 7.72. The Hall–Kier alpha value is -0.610. The van der Waals surface area contributed by atoms with Crippen molar-refractivity contribution >= 4 is 21.6 Å². The third kappa shape index (κ3) is 2.38. The van der Waals surface area contributed by atoms with Crippen LogP contribution in [0.2, 0.25) is 0 Å². The molecule has 0 atom stereocenters. The molecule has 1 aliphatic rings. The molecule has 1 aliphatic carbocycles. The zero-order valence-corrected chi connectivity index (χ0v) is 10.7. The molecule has 1 aromatic rings. The monoisotopic (exact) mass is 286 g/mol. The molecule has 1 aromatic carbocycles. The van der Waals surface area contributed by atoms with Crippen LogP contribution in [0.15, 0.2) is 16.6 Å². The summed E-state index contributed by atoms with van der Waals surface area (Å²) >= 11 is 3.25. The van der Waals surface area contributed by atoms with Gasteiger partial charge in [0.25, 0.3) is 0 Å². The summed E-state index contributed by atoms with van der Waals surface area (Å²) in [6.07, 6.45) is 4.74. The number of benzene rings is 1. The lowest BCUT2D eigenvalue weighted by molar-refractivity contribution is 0.615. The molecule has 0 unspecified atom stereocenters. The van der Waals surface area contributed by atoms with E-state index in [1.807, 2.05) is 6.07 Å². The van der Waals surface area contributed by atoms with Crippen LogP contribution in [0.4, 0.5) is 10.1 Å². The lowest BCUT2D eigenvalue weighted by Gasteiger charge is -2.15. The summed E-state index contributed by atoms with van der Waals surface area (Å²) in [4.78, 5) is 0. The molecule has 88 valence electrons. The van der Waals surface area contributed by atoms with Crippen molar-refractivity contribution in [1.82, 2.24) is 0 Å². The van der Waals surface area contributed by atoms with Crippen LogP contribution in [0, 0.1) is 5.82 Å². The van der Waals surface area contributed by atoms with Gasteiger partial charge in [0.2, 0.25) is 0 Å². The van der Waals surface area contributed by atoms with E-state index in [1.54, 1.807) is 6.07 Å². The molecule has 0 heterocycles. The maximum absolute atomic E-state index is 13.9. The molecule has 2 rings (SSSR count). The molecule has 0 amide bonds. The molecule has 0 aliphatic heterocycles. The van der Waals surface area contributed by atoms with Crippen LogP contribution in [-0.4, -0.2) is 6.04 Å². The highest BCUT2D eigenvalue weighted by atomic mass is 79.9. The van der Waals surface area contributed by atoms with Crippen molar-refractivity contribution in [2.45, 2.75) is 38.3 Å². The van der Waals surface area contributed by atoms with Gasteiger partial charge in [-0.1, -0.05) is 18.9 Å². The van der Waals surface area contributed by atoms with Gasteiger partial charge in [-0.3, -0.25) is 0 Å². The first-order valence-electron chi connectivity index (χ1n) is 5.66. The molecule has 1 saturated carbocycles. The van der Waals surface area contributed by atoms with Crippen LogP contribution in [0.25, 0.3) is 0 Å². The Bertz CT molecular complexity index is 376. The van der Waals surface area contributed by atoms with Gasteiger partial charge in [-0.2, -0.15) is 0 Å². The van der Waals surface area contributed by atoms with Crippen molar-refractivity contribution in [1.29, 1.82) is 0 Å². The van der Waals surface area contributed by atoms with Crippen LogP contribution >= 0.6 is 15.9 Å². The van der Waals surface area contributed by atoms with Crippen LogP contribution in [0.5, 0.6) is 0 Å². The molecule has 0 aromatic heterocycles. The molecule has 16 heavy (non-hydrogen) atoms. The second kappa shape index (κ2) is 5.15. The summed E-state index contributed by atoms with van der Waals surface area (Å²) in [5.41, 5.74) is 6.90. The largest absolute Gasteiger partial charge is 0.380 e. The standard InChI is InChI=1S/C12H16BrFN2/c13-11-8(7-15)5-6-10(12(11)14)16-9-3-1-2-4-9/h5-6,9,16H,1-4,7,15H2. The van der Waals surface area contributed by atoms with Gasteiger partial charge in [0.1, 0.15) is 0 Å². The zero-order valence-electron chi connectivity index (χ0n) is 9.10. The highest BCUT2D eigenvalue weighted by molar-refractivity contribution is 9.10. The van der Waals surface area contributed by atoms with Crippen LogP contribution in [0.1, 0.15) is 31.2 Å². The minimum atomic E-state index is -0.227. The fourth-order valence-corrected chi connectivity index (χ4v) is 2.66. The molecule has 0 bridgehead atoms. The molecule has 4 heteroatoms. The third-order valence-electron chi connectivity index (χ3n) is 3.10. The minimum absolute atomic E-state index is 0.227. The molecule has 0 radical (unpaired) electrons. The maximum atomic E-state index is 13.9. The summed E-state index contributed by atoms with van der Waals surface area (Å²) < 4.78 is 14.4. The fraction of sp³-hybridized carbons (Fsp3) is 0.500. The summed E-state index contributed by atoms with van der Waals surface area (Å²) in [6, 6.07) is 4.07. The molecule has 0 saturated heterocycles. The van der Waals surface area contributed by atoms with E-state index in [9.17, 15) is 4.39 Å². The Labute approximate surface area is 104 Å². The summed E-state index contributed by atoms with van der Waals surface area (Å²) in [7, 11) is 0. The van der Waals surface area contributed by atoms with E-state index in [-0.39, 0.29) is 5.82 Å². The lowest BCUT2D eigenvalue weighted by atomic mass is 10.1. The molecular weight excluding hydrogens is 271 g/mol. The molecule has 0 spiro atoms. The van der Waals surface area contributed by atoms with Gasteiger partial charge >= 0.3 is 0 Å². The van der Waals surface area contributed by atoms with Crippen molar-refractivity contribution in [3.63, 3.8) is 0 Å². The van der Waals surface area contributed by atoms with E-state index in [4.69, 9.17) is 5.73 Å². The first-order valence-corrected chi connectivity index (χ1v) is 6.45. The molecule has 3 N–H and O–H groups in total. The molecular formula is C12H16BrFN2.